The van der Waals surface area contributed by atoms with Crippen LogP contribution in [0.3, 0.4) is 0 Å². The first-order valence-electron chi connectivity index (χ1n) is 2.63. The summed E-state index contributed by atoms with van der Waals surface area (Å²) >= 11 is 0. The van der Waals surface area contributed by atoms with E-state index in [-0.39, 0.29) is 5.91 Å². The Balaban J connectivity index is 3.28. The Kier molecular flexibility index (Phi) is 3.51. The Morgan fingerprint density at radius 3 is 2.67 bits per heavy atom. The zero-order valence-corrected chi connectivity index (χ0v) is 5.73. The maximum atomic E-state index is 10.3. The van der Waals surface area contributed by atoms with Gasteiger partial charge in [-0.1, -0.05) is 6.58 Å². The summed E-state index contributed by atoms with van der Waals surface area (Å²) < 4.78 is 4.69. The van der Waals surface area contributed by atoms with Crippen LogP contribution in [0.4, 0.5) is 0 Å². The zero-order valence-electron chi connectivity index (χ0n) is 5.73. The molecule has 0 aliphatic carbocycles. The lowest BCUT2D eigenvalue weighted by Gasteiger charge is -2.02. The van der Waals surface area contributed by atoms with Crippen LogP contribution in [0, 0.1) is 0 Å². The highest BCUT2D eigenvalue weighted by molar-refractivity contribution is 5.72. The van der Waals surface area contributed by atoms with Crippen molar-refractivity contribution in [3.63, 3.8) is 0 Å². The van der Waals surface area contributed by atoms with E-state index in [2.05, 4.69) is 11.9 Å². The first-order valence-corrected chi connectivity index (χ1v) is 2.63. The van der Waals surface area contributed by atoms with E-state index in [9.17, 15) is 4.79 Å². The molecule has 0 heterocycles. The van der Waals surface area contributed by atoms with Gasteiger partial charge in [0.25, 0.3) is 0 Å². The fraction of sp³-hybridized carbons (Fsp3) is 0.500. The molecule has 0 radical (unpaired) electrons. The Bertz CT molecular complexity index is 120. The van der Waals surface area contributed by atoms with Crippen LogP contribution in [-0.4, -0.2) is 19.6 Å². The molecule has 0 saturated carbocycles. The Labute approximate surface area is 54.7 Å². The third-order valence-corrected chi connectivity index (χ3v) is 0.823. The Morgan fingerprint density at radius 1 is 1.78 bits per heavy atom. The van der Waals surface area contributed by atoms with Gasteiger partial charge in [-0.2, -0.15) is 0 Å². The normalized spacial score (nSPS) is 8.22. The van der Waals surface area contributed by atoms with Gasteiger partial charge in [-0.05, 0) is 0 Å². The van der Waals surface area contributed by atoms with E-state index >= 15 is 0 Å². The molecular formula is C6H11NO2. The summed E-state index contributed by atoms with van der Waals surface area (Å²) in [5.41, 5.74) is 0. The van der Waals surface area contributed by atoms with Gasteiger partial charge in [0.15, 0.2) is 0 Å². The van der Waals surface area contributed by atoms with Crippen LogP contribution in [-0.2, 0) is 9.53 Å². The minimum absolute atomic E-state index is 0.0757. The third kappa shape index (κ3) is 4.87. The van der Waals surface area contributed by atoms with Gasteiger partial charge in [0.2, 0.25) is 5.91 Å². The number of ether oxygens (including phenoxy) is 1. The van der Waals surface area contributed by atoms with Crippen molar-refractivity contribution in [3.05, 3.63) is 12.3 Å². The molecule has 0 aliphatic rings. The van der Waals surface area contributed by atoms with Crippen molar-refractivity contribution in [3.8, 4) is 0 Å². The van der Waals surface area contributed by atoms with E-state index in [4.69, 9.17) is 4.74 Å². The maximum absolute atomic E-state index is 10.3. The summed E-state index contributed by atoms with van der Waals surface area (Å²) in [6, 6.07) is 0. The van der Waals surface area contributed by atoms with Crippen LogP contribution in [0.5, 0.6) is 0 Å². The van der Waals surface area contributed by atoms with Crippen molar-refractivity contribution >= 4 is 5.91 Å². The van der Waals surface area contributed by atoms with Gasteiger partial charge < -0.3 is 10.1 Å². The van der Waals surface area contributed by atoms with Crippen molar-refractivity contribution in [2.75, 3.05) is 13.7 Å². The summed E-state index contributed by atoms with van der Waals surface area (Å²) in [7, 11) is 1.52. The number of amides is 1. The highest BCUT2D eigenvalue weighted by Crippen LogP contribution is 1.84. The smallest absolute Gasteiger partial charge is 0.217 e. The highest BCUT2D eigenvalue weighted by atomic mass is 16.5. The van der Waals surface area contributed by atoms with Crippen LogP contribution in [0.25, 0.3) is 0 Å². The van der Waals surface area contributed by atoms with Crippen LogP contribution >= 0.6 is 0 Å². The molecule has 3 heteroatoms. The number of hydrogen-bond donors (Lipinski definition) is 1. The van der Waals surface area contributed by atoms with Gasteiger partial charge in [-0.25, -0.2) is 0 Å². The first kappa shape index (κ1) is 8.01. The highest BCUT2D eigenvalue weighted by Gasteiger charge is 1.91. The van der Waals surface area contributed by atoms with Crippen LogP contribution < -0.4 is 5.32 Å². The second-order valence-corrected chi connectivity index (χ2v) is 1.65. The number of methoxy groups -OCH3 is 1. The van der Waals surface area contributed by atoms with E-state index in [1.807, 2.05) is 0 Å². The lowest BCUT2D eigenvalue weighted by molar-refractivity contribution is -0.118. The number of hydrogen-bond acceptors (Lipinski definition) is 2. The summed E-state index contributed by atoms with van der Waals surface area (Å²) in [4.78, 5) is 10.3. The van der Waals surface area contributed by atoms with Crippen molar-refractivity contribution in [1.29, 1.82) is 0 Å². The second-order valence-electron chi connectivity index (χ2n) is 1.65. The van der Waals surface area contributed by atoms with Crippen molar-refractivity contribution in [2.45, 2.75) is 6.92 Å². The number of nitrogens with one attached hydrogen (secondary N) is 1. The molecule has 0 aromatic rings. The average Bonchev–Trinajstić information content (AvgIpc) is 1.83. The molecule has 0 aromatic heterocycles. The minimum Gasteiger partial charge on any atom is -0.500 e. The van der Waals surface area contributed by atoms with Crippen LogP contribution in [0.15, 0.2) is 12.3 Å². The summed E-state index contributed by atoms with van der Waals surface area (Å²) in [6.07, 6.45) is 0. The Hall–Kier alpha value is -0.990. The molecule has 0 aliphatic heterocycles. The summed E-state index contributed by atoms with van der Waals surface area (Å²) in [5.74, 6) is 0.485. The Morgan fingerprint density at radius 2 is 2.33 bits per heavy atom. The van der Waals surface area contributed by atoms with Gasteiger partial charge in [-0.15, -0.1) is 0 Å². The van der Waals surface area contributed by atoms with Crippen molar-refractivity contribution in [2.24, 2.45) is 0 Å². The summed E-state index contributed by atoms with van der Waals surface area (Å²) in [5, 5.41) is 2.53. The van der Waals surface area contributed by atoms with E-state index in [0.29, 0.717) is 12.3 Å². The molecule has 9 heavy (non-hydrogen) atoms. The lowest BCUT2D eigenvalue weighted by Crippen LogP contribution is -2.22. The molecular weight excluding hydrogens is 118 g/mol. The van der Waals surface area contributed by atoms with E-state index in [1.54, 1.807) is 0 Å². The quantitative estimate of drug-likeness (QED) is 0.556. The SMILES string of the molecule is C=C(CNC(C)=O)OC. The molecule has 0 rings (SSSR count). The summed E-state index contributed by atoms with van der Waals surface area (Å²) in [6.45, 7) is 5.35. The molecule has 0 aromatic carbocycles. The largest absolute Gasteiger partial charge is 0.500 e. The molecule has 0 fully saturated rings. The van der Waals surface area contributed by atoms with E-state index in [0.717, 1.165) is 0 Å². The molecule has 3 nitrogen and oxygen atoms in total. The second kappa shape index (κ2) is 3.95. The third-order valence-electron chi connectivity index (χ3n) is 0.823. The average molecular weight is 129 g/mol. The lowest BCUT2D eigenvalue weighted by atomic mass is 10.5. The number of carbonyl (C=O) groups excluding carboxylic acids is 1. The van der Waals surface area contributed by atoms with Crippen molar-refractivity contribution < 1.29 is 9.53 Å². The fourth-order valence-electron chi connectivity index (χ4n) is 0.295. The molecule has 1 N–H and O–H groups in total. The van der Waals surface area contributed by atoms with Gasteiger partial charge in [0.05, 0.1) is 13.7 Å². The molecule has 1 amide bonds. The van der Waals surface area contributed by atoms with Gasteiger partial charge >= 0.3 is 0 Å². The van der Waals surface area contributed by atoms with E-state index < -0.39 is 0 Å². The molecule has 0 atom stereocenters. The zero-order chi connectivity index (χ0) is 7.28. The predicted molar refractivity (Wildman–Crippen MR) is 34.8 cm³/mol. The van der Waals surface area contributed by atoms with Crippen LogP contribution in [0.1, 0.15) is 6.92 Å². The van der Waals surface area contributed by atoms with E-state index in [1.165, 1.54) is 14.0 Å². The molecule has 0 spiro atoms. The monoisotopic (exact) mass is 129 g/mol. The predicted octanol–water partition coefficient (Wildman–Crippen LogP) is 0.283. The molecule has 0 saturated heterocycles. The van der Waals surface area contributed by atoms with Gasteiger partial charge in [0.1, 0.15) is 5.76 Å². The molecule has 52 valence electrons. The molecule has 0 bridgehead atoms. The first-order chi connectivity index (χ1) is 4.16. The maximum Gasteiger partial charge on any atom is 0.217 e. The topological polar surface area (TPSA) is 38.3 Å². The standard InChI is InChI=1S/C6H11NO2/c1-5(9-3)4-7-6(2)8/h1,4H2,2-3H3,(H,7,8). The van der Waals surface area contributed by atoms with Gasteiger partial charge in [0, 0.05) is 6.92 Å². The number of rotatable bonds is 3. The van der Waals surface area contributed by atoms with Crippen molar-refractivity contribution in [1.82, 2.24) is 5.32 Å². The molecule has 0 unspecified atom stereocenters. The van der Waals surface area contributed by atoms with Gasteiger partial charge in [-0.3, -0.25) is 4.79 Å². The fourth-order valence-corrected chi connectivity index (χ4v) is 0.295. The minimum atomic E-state index is -0.0757. The number of carbonyl (C=O) groups is 1. The van der Waals surface area contributed by atoms with Crippen LogP contribution in [0.2, 0.25) is 0 Å².